The van der Waals surface area contributed by atoms with Gasteiger partial charge in [-0.2, -0.15) is 0 Å². The number of benzene rings is 1. The van der Waals surface area contributed by atoms with Gasteiger partial charge >= 0.3 is 0 Å². The molecule has 0 spiro atoms. The van der Waals surface area contributed by atoms with Crippen LogP contribution in [0.4, 0.5) is 0 Å². The third-order valence-electron chi connectivity index (χ3n) is 4.86. The van der Waals surface area contributed by atoms with Crippen molar-refractivity contribution in [3.63, 3.8) is 0 Å². The van der Waals surface area contributed by atoms with Crippen LogP contribution in [0.25, 0.3) is 11.0 Å². The SMILES string of the molecule is c1ccc2[nH]c(C3CCCN(CCCn4cccc4)C3)nc2c1. The topological polar surface area (TPSA) is 36.9 Å². The van der Waals surface area contributed by atoms with Crippen molar-refractivity contribution in [1.82, 2.24) is 19.4 Å². The molecule has 4 rings (SSSR count). The van der Waals surface area contributed by atoms with E-state index in [-0.39, 0.29) is 0 Å². The summed E-state index contributed by atoms with van der Waals surface area (Å²) < 4.78 is 2.26. The van der Waals surface area contributed by atoms with Crippen LogP contribution in [0.2, 0.25) is 0 Å². The zero-order chi connectivity index (χ0) is 15.5. The maximum Gasteiger partial charge on any atom is 0.111 e. The van der Waals surface area contributed by atoms with Gasteiger partial charge < -0.3 is 14.5 Å². The van der Waals surface area contributed by atoms with Crippen molar-refractivity contribution in [3.05, 3.63) is 54.6 Å². The molecule has 1 aliphatic heterocycles. The number of hydrogen-bond donors (Lipinski definition) is 1. The van der Waals surface area contributed by atoms with Crippen LogP contribution in [0.5, 0.6) is 0 Å². The lowest BCUT2D eigenvalue weighted by atomic mass is 9.97. The summed E-state index contributed by atoms with van der Waals surface area (Å²) in [6.07, 6.45) is 8.02. The number of aromatic nitrogens is 3. The van der Waals surface area contributed by atoms with Gasteiger partial charge in [0.1, 0.15) is 5.82 Å². The number of fused-ring (bicyclic) bond motifs is 1. The lowest BCUT2D eigenvalue weighted by Gasteiger charge is -2.31. The summed E-state index contributed by atoms with van der Waals surface area (Å²) in [5.41, 5.74) is 2.25. The van der Waals surface area contributed by atoms with Gasteiger partial charge in [-0.3, -0.25) is 0 Å². The van der Waals surface area contributed by atoms with Crippen molar-refractivity contribution < 1.29 is 0 Å². The Morgan fingerprint density at radius 1 is 1.09 bits per heavy atom. The molecule has 120 valence electrons. The molecular formula is C19H24N4. The Hall–Kier alpha value is -2.07. The van der Waals surface area contributed by atoms with E-state index in [4.69, 9.17) is 4.98 Å². The number of rotatable bonds is 5. The summed E-state index contributed by atoms with van der Waals surface area (Å²) in [6.45, 7) is 4.64. The first-order valence-corrected chi connectivity index (χ1v) is 8.66. The van der Waals surface area contributed by atoms with Crippen molar-refractivity contribution in [1.29, 1.82) is 0 Å². The van der Waals surface area contributed by atoms with Gasteiger partial charge in [-0.15, -0.1) is 0 Å². The molecule has 2 aromatic heterocycles. The number of H-pyrrole nitrogens is 1. The molecule has 1 atom stereocenters. The predicted molar refractivity (Wildman–Crippen MR) is 93.6 cm³/mol. The summed E-state index contributed by atoms with van der Waals surface area (Å²) >= 11 is 0. The number of imidazole rings is 1. The maximum atomic E-state index is 4.81. The van der Waals surface area contributed by atoms with E-state index in [9.17, 15) is 0 Å². The monoisotopic (exact) mass is 308 g/mol. The van der Waals surface area contributed by atoms with E-state index >= 15 is 0 Å². The van der Waals surface area contributed by atoms with Crippen molar-refractivity contribution in [2.24, 2.45) is 0 Å². The highest BCUT2D eigenvalue weighted by Gasteiger charge is 2.23. The van der Waals surface area contributed by atoms with Gasteiger partial charge in [-0.05, 0) is 56.6 Å². The van der Waals surface area contributed by atoms with Gasteiger partial charge in [0, 0.05) is 31.4 Å². The van der Waals surface area contributed by atoms with E-state index in [1.54, 1.807) is 0 Å². The van der Waals surface area contributed by atoms with Gasteiger partial charge in [0.05, 0.1) is 11.0 Å². The number of aromatic amines is 1. The third kappa shape index (κ3) is 3.32. The fourth-order valence-electron chi connectivity index (χ4n) is 3.64. The van der Waals surface area contributed by atoms with Gasteiger partial charge in [0.25, 0.3) is 0 Å². The molecule has 3 heterocycles. The predicted octanol–water partition coefficient (Wildman–Crippen LogP) is 3.63. The molecule has 0 saturated carbocycles. The smallest absolute Gasteiger partial charge is 0.111 e. The summed E-state index contributed by atoms with van der Waals surface area (Å²) in [5, 5.41) is 0. The molecule has 0 bridgehead atoms. The number of likely N-dealkylation sites (tertiary alicyclic amines) is 1. The summed E-state index contributed by atoms with van der Waals surface area (Å²) in [7, 11) is 0. The number of nitrogens with zero attached hydrogens (tertiary/aromatic N) is 3. The van der Waals surface area contributed by atoms with E-state index < -0.39 is 0 Å². The van der Waals surface area contributed by atoms with Gasteiger partial charge in [0.2, 0.25) is 0 Å². The molecule has 23 heavy (non-hydrogen) atoms. The molecule has 0 amide bonds. The molecule has 0 radical (unpaired) electrons. The largest absolute Gasteiger partial charge is 0.354 e. The van der Waals surface area contributed by atoms with Crippen LogP contribution >= 0.6 is 0 Å². The van der Waals surface area contributed by atoms with Crippen LogP contribution in [0.15, 0.2) is 48.8 Å². The molecule has 3 aromatic rings. The molecule has 1 unspecified atom stereocenters. The van der Waals surface area contributed by atoms with Crippen LogP contribution in [0.1, 0.15) is 31.0 Å². The lowest BCUT2D eigenvalue weighted by Crippen LogP contribution is -2.35. The third-order valence-corrected chi connectivity index (χ3v) is 4.86. The van der Waals surface area contributed by atoms with Crippen molar-refractivity contribution in [3.8, 4) is 0 Å². The molecule has 1 saturated heterocycles. The number of nitrogens with one attached hydrogen (secondary N) is 1. The average molecular weight is 308 g/mol. The Bertz CT molecular complexity index is 711. The Labute approximate surface area is 137 Å². The standard InChI is InChI=1S/C19H24N4/c1-2-9-18-17(8-1)20-19(21-18)16-7-5-12-23(15-16)14-6-13-22-10-3-4-11-22/h1-4,8-11,16H,5-7,12-15H2,(H,20,21). The summed E-state index contributed by atoms with van der Waals surface area (Å²) in [5.74, 6) is 1.71. The second-order valence-corrected chi connectivity index (χ2v) is 6.55. The lowest BCUT2D eigenvalue weighted by molar-refractivity contribution is 0.200. The van der Waals surface area contributed by atoms with Crippen LogP contribution in [-0.2, 0) is 6.54 Å². The molecule has 4 nitrogen and oxygen atoms in total. The van der Waals surface area contributed by atoms with Crippen LogP contribution in [-0.4, -0.2) is 39.1 Å². The Balaban J connectivity index is 1.36. The Morgan fingerprint density at radius 2 is 1.96 bits per heavy atom. The minimum atomic E-state index is 0.544. The number of piperidine rings is 1. The fourth-order valence-corrected chi connectivity index (χ4v) is 3.64. The molecule has 1 N–H and O–H groups in total. The minimum Gasteiger partial charge on any atom is -0.354 e. The molecule has 1 fully saturated rings. The maximum absolute atomic E-state index is 4.81. The van der Waals surface area contributed by atoms with E-state index in [1.165, 1.54) is 38.2 Å². The highest BCUT2D eigenvalue weighted by atomic mass is 15.1. The van der Waals surface area contributed by atoms with Gasteiger partial charge in [-0.25, -0.2) is 4.98 Å². The van der Waals surface area contributed by atoms with Crippen molar-refractivity contribution in [2.45, 2.75) is 31.7 Å². The van der Waals surface area contributed by atoms with E-state index in [0.717, 1.165) is 24.1 Å². The quantitative estimate of drug-likeness (QED) is 0.781. The zero-order valence-electron chi connectivity index (χ0n) is 13.5. The van der Waals surface area contributed by atoms with E-state index in [0.29, 0.717) is 5.92 Å². The highest BCUT2D eigenvalue weighted by molar-refractivity contribution is 5.74. The minimum absolute atomic E-state index is 0.544. The normalized spacial score (nSPS) is 19.4. The van der Waals surface area contributed by atoms with Crippen LogP contribution in [0, 0.1) is 0 Å². The van der Waals surface area contributed by atoms with Gasteiger partial charge in [-0.1, -0.05) is 12.1 Å². The van der Waals surface area contributed by atoms with Crippen molar-refractivity contribution in [2.75, 3.05) is 19.6 Å². The number of hydrogen-bond acceptors (Lipinski definition) is 2. The zero-order valence-corrected chi connectivity index (χ0v) is 13.5. The summed E-state index contributed by atoms with van der Waals surface area (Å²) in [4.78, 5) is 10.9. The van der Waals surface area contributed by atoms with Crippen LogP contribution < -0.4 is 0 Å². The first-order chi connectivity index (χ1) is 11.4. The second-order valence-electron chi connectivity index (χ2n) is 6.55. The first-order valence-electron chi connectivity index (χ1n) is 8.66. The average Bonchev–Trinajstić information content (AvgIpc) is 3.24. The van der Waals surface area contributed by atoms with E-state index in [2.05, 4.69) is 63.2 Å². The van der Waals surface area contributed by atoms with Gasteiger partial charge in [0.15, 0.2) is 0 Å². The summed E-state index contributed by atoms with van der Waals surface area (Å²) in [6, 6.07) is 12.5. The molecule has 1 aliphatic rings. The molecule has 4 heteroatoms. The van der Waals surface area contributed by atoms with Crippen LogP contribution in [0.3, 0.4) is 0 Å². The second kappa shape index (κ2) is 6.59. The number of aryl methyl sites for hydroxylation is 1. The fraction of sp³-hybridized carbons (Fsp3) is 0.421. The Kier molecular flexibility index (Phi) is 4.16. The Morgan fingerprint density at radius 3 is 2.83 bits per heavy atom. The first kappa shape index (κ1) is 14.5. The van der Waals surface area contributed by atoms with E-state index in [1.807, 2.05) is 0 Å². The molecule has 1 aromatic carbocycles. The highest BCUT2D eigenvalue weighted by Crippen LogP contribution is 2.26. The van der Waals surface area contributed by atoms with Crippen molar-refractivity contribution >= 4 is 11.0 Å². The number of para-hydroxylation sites is 2. The molecular weight excluding hydrogens is 284 g/mol. The molecule has 0 aliphatic carbocycles.